The summed E-state index contributed by atoms with van der Waals surface area (Å²) in [6, 6.07) is 0. The highest BCUT2D eigenvalue weighted by Crippen LogP contribution is 2.21. The van der Waals surface area contributed by atoms with Crippen LogP contribution in [0.5, 0.6) is 0 Å². The first-order valence-corrected chi connectivity index (χ1v) is 2.36. The minimum absolute atomic E-state index is 0.0494. The van der Waals surface area contributed by atoms with Crippen LogP contribution in [-0.4, -0.2) is 15.1 Å². The quantitative estimate of drug-likeness (QED) is 0.360. The molecule has 0 fully saturated rings. The molecule has 0 aliphatic heterocycles. The number of H-pyrrole nitrogens is 1. The van der Waals surface area contributed by atoms with E-state index in [1.165, 1.54) is 0 Å². The van der Waals surface area contributed by atoms with Crippen molar-refractivity contribution in [2.75, 3.05) is 11.5 Å². The van der Waals surface area contributed by atoms with Crippen LogP contribution in [-0.2, 0) is 0 Å². The average Bonchev–Trinajstić information content (AvgIpc) is 2.14. The average molecular weight is 143 g/mol. The monoisotopic (exact) mass is 143 g/mol. The Morgan fingerprint density at radius 2 is 2.20 bits per heavy atom. The van der Waals surface area contributed by atoms with Crippen molar-refractivity contribution in [2.24, 2.45) is 0 Å². The van der Waals surface area contributed by atoms with Gasteiger partial charge in [0, 0.05) is 0 Å². The van der Waals surface area contributed by atoms with Crippen LogP contribution in [0, 0.1) is 10.1 Å². The summed E-state index contributed by atoms with van der Waals surface area (Å²) in [7, 11) is 0. The first kappa shape index (κ1) is 6.33. The van der Waals surface area contributed by atoms with Crippen molar-refractivity contribution >= 4 is 17.3 Å². The number of anilines is 2. The van der Waals surface area contributed by atoms with Gasteiger partial charge in [-0.05, 0) is 4.92 Å². The van der Waals surface area contributed by atoms with Crippen LogP contribution >= 0.6 is 0 Å². The standard InChI is InChI=1S/C3H5N5O2/c4-1-2(5)6-7-3(1)8(9)10/h4H2,(H3,5,6,7). The topological polar surface area (TPSA) is 124 Å². The van der Waals surface area contributed by atoms with Gasteiger partial charge in [-0.1, -0.05) is 5.10 Å². The molecule has 1 aromatic heterocycles. The number of nitrogens with one attached hydrogen (secondary N) is 1. The van der Waals surface area contributed by atoms with E-state index in [0.717, 1.165) is 0 Å². The molecular weight excluding hydrogens is 138 g/mol. The minimum Gasteiger partial charge on any atom is -0.389 e. The van der Waals surface area contributed by atoms with Crippen LogP contribution in [0.25, 0.3) is 0 Å². The van der Waals surface area contributed by atoms with Crippen LogP contribution in [0.15, 0.2) is 0 Å². The molecule has 0 bridgehead atoms. The molecule has 0 spiro atoms. The lowest BCUT2D eigenvalue weighted by Crippen LogP contribution is -1.95. The molecular formula is C3H5N5O2. The maximum absolute atomic E-state index is 10.0. The summed E-state index contributed by atoms with van der Waals surface area (Å²) in [4.78, 5) is 9.35. The second-order valence-electron chi connectivity index (χ2n) is 1.63. The molecule has 5 N–H and O–H groups in total. The molecule has 0 saturated carbocycles. The van der Waals surface area contributed by atoms with E-state index in [4.69, 9.17) is 11.5 Å². The molecule has 0 amide bonds. The molecule has 1 aromatic rings. The third-order valence-corrected chi connectivity index (χ3v) is 0.996. The molecule has 1 heterocycles. The molecule has 10 heavy (non-hydrogen) atoms. The lowest BCUT2D eigenvalue weighted by molar-refractivity contribution is -0.388. The Balaban J connectivity index is 3.17. The van der Waals surface area contributed by atoms with Gasteiger partial charge in [0.25, 0.3) is 0 Å². The Morgan fingerprint density at radius 3 is 2.40 bits per heavy atom. The molecule has 0 atom stereocenters. The molecule has 0 aliphatic carbocycles. The van der Waals surface area contributed by atoms with Crippen molar-refractivity contribution in [1.29, 1.82) is 0 Å². The molecule has 54 valence electrons. The van der Waals surface area contributed by atoms with Crippen molar-refractivity contribution in [2.45, 2.75) is 0 Å². The summed E-state index contributed by atoms with van der Waals surface area (Å²) in [6.07, 6.45) is 0. The number of rotatable bonds is 1. The predicted molar refractivity (Wildman–Crippen MR) is 34.1 cm³/mol. The SMILES string of the molecule is Nc1n[nH]c([N+](=O)[O-])c1N. The molecule has 0 unspecified atom stereocenters. The van der Waals surface area contributed by atoms with Crippen LogP contribution in [0.3, 0.4) is 0 Å². The van der Waals surface area contributed by atoms with Crippen molar-refractivity contribution in [3.05, 3.63) is 10.1 Å². The molecule has 0 aliphatic rings. The Bertz CT molecular complexity index is 266. The van der Waals surface area contributed by atoms with Crippen molar-refractivity contribution in [1.82, 2.24) is 10.2 Å². The number of nitrogens with two attached hydrogens (primary N) is 2. The summed E-state index contributed by atoms with van der Waals surface area (Å²) >= 11 is 0. The fraction of sp³-hybridized carbons (Fsp3) is 0. The summed E-state index contributed by atoms with van der Waals surface area (Å²) in [5, 5.41) is 15.4. The van der Waals surface area contributed by atoms with Crippen LogP contribution in [0.2, 0.25) is 0 Å². The fourth-order valence-corrected chi connectivity index (χ4v) is 0.494. The van der Waals surface area contributed by atoms with Crippen LogP contribution in [0.1, 0.15) is 0 Å². The smallest absolute Gasteiger partial charge is 0.368 e. The van der Waals surface area contributed by atoms with Crippen LogP contribution < -0.4 is 11.5 Å². The van der Waals surface area contributed by atoms with Crippen molar-refractivity contribution in [3.8, 4) is 0 Å². The maximum atomic E-state index is 10.0. The lowest BCUT2D eigenvalue weighted by Gasteiger charge is -1.88. The van der Waals surface area contributed by atoms with Gasteiger partial charge in [0.2, 0.25) is 0 Å². The number of nitrogen functional groups attached to an aromatic ring is 2. The normalized spacial score (nSPS) is 9.60. The second kappa shape index (κ2) is 1.87. The van der Waals surface area contributed by atoms with E-state index < -0.39 is 4.92 Å². The Kier molecular flexibility index (Phi) is 1.18. The lowest BCUT2D eigenvalue weighted by atomic mass is 10.5. The zero-order valence-corrected chi connectivity index (χ0v) is 4.87. The van der Waals surface area contributed by atoms with E-state index in [9.17, 15) is 10.1 Å². The number of hydrogen-bond donors (Lipinski definition) is 3. The number of aromatic nitrogens is 2. The molecule has 7 nitrogen and oxygen atoms in total. The zero-order valence-electron chi connectivity index (χ0n) is 4.87. The van der Waals surface area contributed by atoms with Gasteiger partial charge in [0.1, 0.15) is 0 Å². The number of hydrogen-bond acceptors (Lipinski definition) is 5. The van der Waals surface area contributed by atoms with Gasteiger partial charge in [0.05, 0.1) is 0 Å². The molecule has 0 aromatic carbocycles. The molecule has 7 heteroatoms. The summed E-state index contributed by atoms with van der Waals surface area (Å²) in [5.41, 5.74) is 10.1. The largest absolute Gasteiger partial charge is 0.389 e. The number of nitrogens with zero attached hydrogens (tertiary/aromatic N) is 2. The molecule has 0 saturated heterocycles. The van der Waals surface area contributed by atoms with Crippen molar-refractivity contribution in [3.63, 3.8) is 0 Å². The van der Waals surface area contributed by atoms with E-state index in [1.54, 1.807) is 0 Å². The van der Waals surface area contributed by atoms with Gasteiger partial charge in [-0.2, -0.15) is 0 Å². The molecule has 0 radical (unpaired) electrons. The third kappa shape index (κ3) is 0.729. The Morgan fingerprint density at radius 1 is 1.60 bits per heavy atom. The van der Waals surface area contributed by atoms with Crippen molar-refractivity contribution < 1.29 is 4.92 Å². The second-order valence-corrected chi connectivity index (χ2v) is 1.63. The van der Waals surface area contributed by atoms with Gasteiger partial charge in [-0.3, -0.25) is 0 Å². The first-order valence-electron chi connectivity index (χ1n) is 2.36. The summed E-state index contributed by atoms with van der Waals surface area (Å²) in [5.74, 6) is -0.413. The van der Waals surface area contributed by atoms with Gasteiger partial charge < -0.3 is 21.6 Å². The zero-order chi connectivity index (χ0) is 7.72. The summed E-state index contributed by atoms with van der Waals surface area (Å²) in [6.45, 7) is 0. The van der Waals surface area contributed by atoms with Gasteiger partial charge >= 0.3 is 5.82 Å². The van der Waals surface area contributed by atoms with Gasteiger partial charge in [0.15, 0.2) is 11.5 Å². The van der Waals surface area contributed by atoms with E-state index in [0.29, 0.717) is 0 Å². The predicted octanol–water partition coefficient (Wildman–Crippen LogP) is -0.518. The van der Waals surface area contributed by atoms with E-state index in [2.05, 4.69) is 10.2 Å². The number of nitro groups is 1. The minimum atomic E-state index is -0.682. The third-order valence-electron chi connectivity index (χ3n) is 0.996. The Hall–Kier alpha value is -1.79. The van der Waals surface area contributed by atoms with E-state index >= 15 is 0 Å². The first-order chi connectivity index (χ1) is 4.63. The van der Waals surface area contributed by atoms with E-state index in [-0.39, 0.29) is 17.3 Å². The maximum Gasteiger partial charge on any atom is 0.368 e. The summed E-state index contributed by atoms with van der Waals surface area (Å²) < 4.78 is 0. The number of aromatic amines is 1. The van der Waals surface area contributed by atoms with Crippen LogP contribution in [0.4, 0.5) is 17.3 Å². The van der Waals surface area contributed by atoms with Gasteiger partial charge in [-0.25, -0.2) is 0 Å². The highest BCUT2D eigenvalue weighted by molar-refractivity contribution is 5.67. The fourth-order valence-electron chi connectivity index (χ4n) is 0.494. The highest BCUT2D eigenvalue weighted by Gasteiger charge is 2.15. The van der Waals surface area contributed by atoms with Gasteiger partial charge in [-0.15, -0.1) is 5.10 Å². The Labute approximate surface area is 55.2 Å². The molecule has 1 rings (SSSR count). The highest BCUT2D eigenvalue weighted by atomic mass is 16.6. The van der Waals surface area contributed by atoms with E-state index in [1.807, 2.05) is 0 Å².